The number of nitrogens with zero attached hydrogens (tertiary/aromatic N) is 1. The second-order valence-corrected chi connectivity index (χ2v) is 4.14. The van der Waals surface area contributed by atoms with E-state index < -0.39 is 5.97 Å². The van der Waals surface area contributed by atoms with Crippen molar-refractivity contribution < 1.29 is 9.90 Å². The number of fused-ring (bicyclic) bond motifs is 1. The Balaban J connectivity index is 2.43. The zero-order valence-corrected chi connectivity index (χ0v) is 9.04. The van der Waals surface area contributed by atoms with Gasteiger partial charge in [-0.1, -0.05) is 29.2 Å². The highest BCUT2D eigenvalue weighted by atomic mass is 32.1. The van der Waals surface area contributed by atoms with E-state index >= 15 is 0 Å². The zero-order chi connectivity index (χ0) is 11.5. The van der Waals surface area contributed by atoms with Gasteiger partial charge in [0.15, 0.2) is 5.13 Å². The first-order chi connectivity index (χ1) is 7.66. The Morgan fingerprint density at radius 2 is 2.38 bits per heavy atom. The molecule has 0 spiro atoms. The third-order valence-electron chi connectivity index (χ3n) is 1.90. The van der Waals surface area contributed by atoms with E-state index in [2.05, 4.69) is 16.8 Å². The molecule has 1 aromatic heterocycles. The van der Waals surface area contributed by atoms with Gasteiger partial charge in [-0.2, -0.15) is 0 Å². The van der Waals surface area contributed by atoms with Crippen LogP contribution in [0.1, 0.15) is 12.0 Å². The summed E-state index contributed by atoms with van der Waals surface area (Å²) in [5, 5.41) is 8.96. The summed E-state index contributed by atoms with van der Waals surface area (Å²) in [7, 11) is 0. The molecule has 0 atom stereocenters. The Kier molecular flexibility index (Phi) is 2.75. The van der Waals surface area contributed by atoms with Gasteiger partial charge in [0, 0.05) is 0 Å². The second-order valence-electron chi connectivity index (χ2n) is 3.08. The predicted molar refractivity (Wildman–Crippen MR) is 63.2 cm³/mol. The molecular formula is C11H8N2O2S. The van der Waals surface area contributed by atoms with Gasteiger partial charge >= 0.3 is 5.97 Å². The molecule has 0 aliphatic rings. The van der Waals surface area contributed by atoms with Crippen molar-refractivity contribution in [3.63, 3.8) is 0 Å². The van der Waals surface area contributed by atoms with Gasteiger partial charge in [0.2, 0.25) is 0 Å². The number of rotatable bonds is 1. The fraction of sp³-hybridized carbons (Fsp3) is 0.0909. The van der Waals surface area contributed by atoms with Crippen molar-refractivity contribution in [2.75, 3.05) is 5.73 Å². The number of thiazole rings is 1. The summed E-state index contributed by atoms with van der Waals surface area (Å²) in [5.74, 6) is 4.43. The summed E-state index contributed by atoms with van der Waals surface area (Å²) in [6.07, 6.45) is -0.171. The molecule has 0 saturated heterocycles. The number of aliphatic carboxylic acids is 1. The number of carboxylic acid groups (broad SMARTS) is 1. The largest absolute Gasteiger partial charge is 0.481 e. The molecule has 3 N–H and O–H groups in total. The summed E-state index contributed by atoms with van der Waals surface area (Å²) in [6, 6.07) is 5.56. The van der Waals surface area contributed by atoms with Crippen LogP contribution in [0.15, 0.2) is 18.2 Å². The first-order valence-corrected chi connectivity index (χ1v) is 5.34. The van der Waals surface area contributed by atoms with Crippen LogP contribution < -0.4 is 5.73 Å². The van der Waals surface area contributed by atoms with Crippen LogP contribution in [0.25, 0.3) is 10.2 Å². The molecular weight excluding hydrogens is 224 g/mol. The van der Waals surface area contributed by atoms with Gasteiger partial charge in [0.1, 0.15) is 6.42 Å². The number of carboxylic acids is 1. The van der Waals surface area contributed by atoms with Crippen LogP contribution in [0.4, 0.5) is 5.13 Å². The van der Waals surface area contributed by atoms with E-state index in [-0.39, 0.29) is 6.42 Å². The number of benzene rings is 1. The third-order valence-corrected chi connectivity index (χ3v) is 2.75. The molecule has 5 heteroatoms. The smallest absolute Gasteiger partial charge is 0.315 e. The molecule has 4 nitrogen and oxygen atoms in total. The zero-order valence-electron chi connectivity index (χ0n) is 8.23. The number of nitrogens with two attached hydrogens (primary N) is 1. The van der Waals surface area contributed by atoms with E-state index in [0.29, 0.717) is 10.7 Å². The van der Waals surface area contributed by atoms with Crippen molar-refractivity contribution in [2.45, 2.75) is 6.42 Å². The van der Waals surface area contributed by atoms with E-state index in [4.69, 9.17) is 10.8 Å². The average molecular weight is 232 g/mol. The molecule has 2 rings (SSSR count). The first kappa shape index (κ1) is 10.5. The highest BCUT2D eigenvalue weighted by Gasteiger charge is 2.03. The number of anilines is 1. The standard InChI is InChI=1S/C11H8N2O2S/c12-11-13-10-7(4-2-6-9(14)15)3-1-5-8(10)16-11/h1,3,5H,6H2,(H2,12,13)(H,14,15). The first-order valence-electron chi connectivity index (χ1n) is 4.52. The molecule has 16 heavy (non-hydrogen) atoms. The average Bonchev–Trinajstić information content (AvgIpc) is 2.58. The lowest BCUT2D eigenvalue weighted by molar-refractivity contribution is -0.135. The van der Waals surface area contributed by atoms with Gasteiger partial charge in [-0.25, -0.2) is 4.98 Å². The van der Waals surface area contributed by atoms with E-state index in [0.717, 1.165) is 10.2 Å². The van der Waals surface area contributed by atoms with Crippen LogP contribution in [0.3, 0.4) is 0 Å². The Hall–Kier alpha value is -2.06. The lowest BCUT2D eigenvalue weighted by atomic mass is 10.2. The minimum absolute atomic E-state index is 0.171. The molecule has 0 saturated carbocycles. The van der Waals surface area contributed by atoms with Gasteiger partial charge < -0.3 is 10.8 Å². The molecule has 0 amide bonds. The van der Waals surface area contributed by atoms with Gasteiger partial charge in [-0.05, 0) is 12.1 Å². The number of nitrogen functional groups attached to an aromatic ring is 1. The van der Waals surface area contributed by atoms with Crippen molar-refractivity contribution in [2.24, 2.45) is 0 Å². The molecule has 80 valence electrons. The fourth-order valence-corrected chi connectivity index (χ4v) is 2.04. The van der Waals surface area contributed by atoms with E-state index in [1.165, 1.54) is 11.3 Å². The van der Waals surface area contributed by atoms with Crippen molar-refractivity contribution in [3.8, 4) is 11.8 Å². The maximum Gasteiger partial charge on any atom is 0.315 e. The highest BCUT2D eigenvalue weighted by Crippen LogP contribution is 2.25. The summed E-state index contributed by atoms with van der Waals surface area (Å²) in [6.45, 7) is 0. The number of aromatic nitrogens is 1. The summed E-state index contributed by atoms with van der Waals surface area (Å²) in [5.41, 5.74) is 7.05. The SMILES string of the molecule is Nc1nc2c(C#CCC(=O)O)cccc2s1. The van der Waals surface area contributed by atoms with E-state index in [1.54, 1.807) is 6.07 Å². The fourth-order valence-electron chi connectivity index (χ4n) is 1.28. The van der Waals surface area contributed by atoms with Crippen molar-refractivity contribution in [1.82, 2.24) is 4.98 Å². The molecule has 0 aliphatic carbocycles. The molecule has 2 aromatic rings. The predicted octanol–water partition coefficient (Wildman–Crippen LogP) is 1.70. The molecule has 1 heterocycles. The maximum absolute atomic E-state index is 10.3. The number of carbonyl (C=O) groups is 1. The monoisotopic (exact) mass is 232 g/mol. The second kappa shape index (κ2) is 4.21. The van der Waals surface area contributed by atoms with Gasteiger partial charge in [-0.3, -0.25) is 4.79 Å². The molecule has 1 aromatic carbocycles. The summed E-state index contributed by atoms with van der Waals surface area (Å²) < 4.78 is 0.958. The quantitative estimate of drug-likeness (QED) is 0.734. The molecule has 0 fully saturated rings. The highest BCUT2D eigenvalue weighted by molar-refractivity contribution is 7.22. The number of para-hydroxylation sites is 1. The van der Waals surface area contributed by atoms with Crippen LogP contribution >= 0.6 is 11.3 Å². The van der Waals surface area contributed by atoms with Crippen molar-refractivity contribution in [1.29, 1.82) is 0 Å². The minimum Gasteiger partial charge on any atom is -0.481 e. The molecule has 0 aliphatic heterocycles. The summed E-state index contributed by atoms with van der Waals surface area (Å²) >= 11 is 1.39. The van der Waals surface area contributed by atoms with Crippen molar-refractivity contribution in [3.05, 3.63) is 23.8 Å². The van der Waals surface area contributed by atoms with Crippen molar-refractivity contribution >= 4 is 32.7 Å². The number of hydrogen-bond acceptors (Lipinski definition) is 4. The van der Waals surface area contributed by atoms with E-state index in [1.807, 2.05) is 12.1 Å². The molecule has 0 unspecified atom stereocenters. The van der Waals surface area contributed by atoms with Crippen LogP contribution in [0.5, 0.6) is 0 Å². The summed E-state index contributed by atoms with van der Waals surface area (Å²) in [4.78, 5) is 14.5. The lowest BCUT2D eigenvalue weighted by Crippen LogP contribution is -1.90. The topological polar surface area (TPSA) is 76.2 Å². The Bertz CT molecular complexity index is 607. The molecule has 0 radical (unpaired) electrons. The van der Waals surface area contributed by atoms with Crippen LogP contribution in [-0.2, 0) is 4.79 Å². The normalized spacial score (nSPS) is 9.75. The van der Waals surface area contributed by atoms with Crippen LogP contribution in [-0.4, -0.2) is 16.1 Å². The Morgan fingerprint density at radius 1 is 1.56 bits per heavy atom. The van der Waals surface area contributed by atoms with Crippen LogP contribution in [0, 0.1) is 11.8 Å². The lowest BCUT2D eigenvalue weighted by Gasteiger charge is -1.90. The van der Waals surface area contributed by atoms with Gasteiger partial charge in [-0.15, -0.1) is 0 Å². The maximum atomic E-state index is 10.3. The minimum atomic E-state index is -0.933. The Morgan fingerprint density at radius 3 is 3.12 bits per heavy atom. The van der Waals surface area contributed by atoms with Gasteiger partial charge in [0.05, 0.1) is 15.8 Å². The van der Waals surface area contributed by atoms with Gasteiger partial charge in [0.25, 0.3) is 0 Å². The Labute approximate surface area is 95.7 Å². The van der Waals surface area contributed by atoms with Crippen LogP contribution in [0.2, 0.25) is 0 Å². The molecule has 0 bridgehead atoms. The van der Waals surface area contributed by atoms with E-state index in [9.17, 15) is 4.79 Å². The number of hydrogen-bond donors (Lipinski definition) is 2. The third kappa shape index (κ3) is 2.12.